The number of carbonyl (C=O) groups excluding carboxylic acids is 1. The van der Waals surface area contributed by atoms with Crippen molar-refractivity contribution in [2.24, 2.45) is 5.92 Å². The lowest BCUT2D eigenvalue weighted by Gasteiger charge is -2.41. The average Bonchev–Trinajstić information content (AvgIpc) is 3.02. The molecule has 1 amide bonds. The molecule has 2 atom stereocenters. The van der Waals surface area contributed by atoms with E-state index in [1.807, 2.05) is 32.6 Å². The van der Waals surface area contributed by atoms with Crippen LogP contribution in [-0.4, -0.2) is 52.1 Å². The van der Waals surface area contributed by atoms with Gasteiger partial charge in [0.05, 0.1) is 44.4 Å². The zero-order valence-corrected chi connectivity index (χ0v) is 27.7. The Morgan fingerprint density at radius 2 is 1.91 bits per heavy atom. The zero-order valence-electron chi connectivity index (χ0n) is 25.4. The van der Waals surface area contributed by atoms with E-state index in [1.165, 1.54) is 16.7 Å². The first-order valence-corrected chi connectivity index (χ1v) is 15.5. The van der Waals surface area contributed by atoms with Crippen LogP contribution < -0.4 is 21.5 Å². The first kappa shape index (κ1) is 33.3. The largest absolute Gasteiger partial charge is 0.396 e. The number of nitrogens with one attached hydrogen (secondary N) is 1. The third-order valence-corrected chi connectivity index (χ3v) is 9.44. The zero-order chi connectivity index (χ0) is 33.8. The van der Waals surface area contributed by atoms with Crippen molar-refractivity contribution in [3.63, 3.8) is 0 Å². The summed E-state index contributed by atoms with van der Waals surface area (Å²) in [6.45, 7) is 12.0. The number of fused-ring (bicyclic) bond motifs is 1. The number of amides is 1. The van der Waals surface area contributed by atoms with Crippen molar-refractivity contribution in [3.8, 4) is 17.3 Å². The molecule has 1 aromatic carbocycles. The van der Waals surface area contributed by atoms with Gasteiger partial charge < -0.3 is 20.9 Å². The van der Waals surface area contributed by atoms with Crippen molar-refractivity contribution in [3.05, 3.63) is 79.2 Å². The number of hydrogen-bond acceptors (Lipinski definition) is 7. The molecule has 2 aliphatic rings. The van der Waals surface area contributed by atoms with Gasteiger partial charge in [-0.3, -0.25) is 14.2 Å². The molecule has 0 saturated carbocycles. The number of nitrogens with two attached hydrogens (primary N) is 1. The van der Waals surface area contributed by atoms with E-state index in [0.29, 0.717) is 23.2 Å². The van der Waals surface area contributed by atoms with Crippen molar-refractivity contribution >= 4 is 68.8 Å². The Labute approximate surface area is 279 Å². The number of anilines is 2. The Balaban J connectivity index is 1.91. The highest BCUT2D eigenvalue weighted by Crippen LogP contribution is 2.44. The number of dihydropyridines is 1. The van der Waals surface area contributed by atoms with Crippen LogP contribution in [-0.2, 0) is 4.79 Å². The van der Waals surface area contributed by atoms with E-state index in [2.05, 4.69) is 18.0 Å². The molecule has 2 aromatic heterocycles. The van der Waals surface area contributed by atoms with Crippen LogP contribution in [0.5, 0.6) is 0 Å². The van der Waals surface area contributed by atoms with Crippen molar-refractivity contribution in [1.29, 1.82) is 5.26 Å². The first-order chi connectivity index (χ1) is 21.7. The van der Waals surface area contributed by atoms with Gasteiger partial charge in [0.2, 0.25) is 5.91 Å². The Morgan fingerprint density at radius 3 is 2.52 bits per heavy atom. The average molecular weight is 689 g/mol. The molecule has 4 heterocycles. The SMILES string of the molecule is C=CC(=O)N1CCN(c2c(C#N)c(=O)n(C3=C(C)C=CNC3C(C)C)c3nc(-c4c(N)c(F)c(Cl)c(Cl)c4F)c(Cl)cc23)C[C@H]1C. The van der Waals surface area contributed by atoms with Crippen LogP contribution in [0.25, 0.3) is 28.0 Å². The second kappa shape index (κ2) is 12.6. The number of halogens is 5. The smallest absolute Gasteiger partial charge is 0.276 e. The van der Waals surface area contributed by atoms with Crippen LogP contribution in [0.3, 0.4) is 0 Å². The molecule has 1 unspecified atom stereocenters. The van der Waals surface area contributed by atoms with Gasteiger partial charge in [-0.1, -0.05) is 55.2 Å². The topological polar surface area (TPSA) is 120 Å². The van der Waals surface area contributed by atoms with Crippen molar-refractivity contribution in [1.82, 2.24) is 19.8 Å². The molecule has 2 aliphatic heterocycles. The predicted octanol–water partition coefficient (Wildman–Crippen LogP) is 6.35. The molecule has 1 saturated heterocycles. The highest BCUT2D eigenvalue weighted by atomic mass is 35.5. The number of nitrogen functional groups attached to an aromatic ring is 1. The monoisotopic (exact) mass is 687 g/mol. The third kappa shape index (κ3) is 5.28. The highest BCUT2D eigenvalue weighted by molar-refractivity contribution is 6.43. The number of rotatable bonds is 5. The molecule has 0 radical (unpaired) electrons. The molecule has 3 N–H and O–H groups in total. The fourth-order valence-electron chi connectivity index (χ4n) is 6.09. The number of piperazine rings is 1. The molecule has 9 nitrogen and oxygen atoms in total. The molecule has 5 rings (SSSR count). The summed E-state index contributed by atoms with van der Waals surface area (Å²) in [6.07, 6.45) is 4.79. The lowest BCUT2D eigenvalue weighted by Crippen LogP contribution is -2.54. The van der Waals surface area contributed by atoms with Crippen LogP contribution >= 0.6 is 34.8 Å². The lowest BCUT2D eigenvalue weighted by atomic mass is 9.94. The quantitative estimate of drug-likeness (QED) is 0.139. The van der Waals surface area contributed by atoms with Gasteiger partial charge in [0, 0.05) is 31.1 Å². The number of nitriles is 1. The summed E-state index contributed by atoms with van der Waals surface area (Å²) in [6, 6.07) is 2.85. The maximum absolute atomic E-state index is 15.6. The van der Waals surface area contributed by atoms with Crippen molar-refractivity contribution in [2.75, 3.05) is 30.3 Å². The van der Waals surface area contributed by atoms with E-state index in [9.17, 15) is 14.9 Å². The summed E-state index contributed by atoms with van der Waals surface area (Å²) in [5, 5.41) is 12.5. The first-order valence-electron chi connectivity index (χ1n) is 14.4. The number of aromatic nitrogens is 2. The maximum Gasteiger partial charge on any atom is 0.276 e. The maximum atomic E-state index is 15.6. The lowest BCUT2D eigenvalue weighted by molar-refractivity contribution is -0.128. The Hall–Kier alpha value is -4.11. The summed E-state index contributed by atoms with van der Waals surface area (Å²) in [7, 11) is 0. The van der Waals surface area contributed by atoms with Gasteiger partial charge in [0.1, 0.15) is 22.3 Å². The highest BCUT2D eigenvalue weighted by Gasteiger charge is 2.34. The van der Waals surface area contributed by atoms with Gasteiger partial charge in [0.25, 0.3) is 5.56 Å². The van der Waals surface area contributed by atoms with E-state index in [0.717, 1.165) is 0 Å². The second-order valence-corrected chi connectivity index (χ2v) is 12.7. The number of pyridine rings is 2. The molecule has 0 bridgehead atoms. The summed E-state index contributed by atoms with van der Waals surface area (Å²) in [5.74, 6) is -2.56. The van der Waals surface area contributed by atoms with Gasteiger partial charge >= 0.3 is 0 Å². The summed E-state index contributed by atoms with van der Waals surface area (Å²) < 4.78 is 32.0. The van der Waals surface area contributed by atoms with E-state index in [1.54, 1.807) is 17.2 Å². The predicted molar refractivity (Wildman–Crippen MR) is 179 cm³/mol. The van der Waals surface area contributed by atoms with Crippen molar-refractivity contribution in [2.45, 2.75) is 39.8 Å². The third-order valence-electron chi connectivity index (χ3n) is 8.35. The van der Waals surface area contributed by atoms with Crippen LogP contribution in [0.4, 0.5) is 20.2 Å². The summed E-state index contributed by atoms with van der Waals surface area (Å²) in [4.78, 5) is 35.1. The van der Waals surface area contributed by atoms with Gasteiger partial charge in [-0.15, -0.1) is 0 Å². The minimum Gasteiger partial charge on any atom is -0.396 e. The standard InChI is InChI=1S/C32H30Cl3F2N7O2/c1-6-20(45)43-10-9-42(13-16(43)5)30-17-11-19(33)28(21-24(36)22(34)23(35)25(37)26(21)39)41-31(17)44(32(46)18(30)12-38)29-15(4)7-8-40-27(29)14(2)3/h6-8,11,14,16,27,40H,1,9-10,13,39H2,2-5H3/t16-,27?/m1/s1. The fourth-order valence-corrected chi connectivity index (χ4v) is 6.70. The van der Waals surface area contributed by atoms with E-state index in [4.69, 9.17) is 45.5 Å². The second-order valence-electron chi connectivity index (χ2n) is 11.5. The van der Waals surface area contributed by atoms with Gasteiger partial charge in [-0.05, 0) is 49.8 Å². The number of nitrogens with zero attached hydrogens (tertiary/aromatic N) is 5. The van der Waals surface area contributed by atoms with Crippen LogP contribution in [0.15, 0.2) is 41.4 Å². The Kier molecular flexibility index (Phi) is 9.10. The molecular weight excluding hydrogens is 659 g/mol. The van der Waals surface area contributed by atoms with Gasteiger partial charge in [-0.25, -0.2) is 13.8 Å². The van der Waals surface area contributed by atoms with Crippen LogP contribution in [0.2, 0.25) is 15.1 Å². The fraction of sp³-hybridized carbons (Fsp3) is 0.312. The summed E-state index contributed by atoms with van der Waals surface area (Å²) in [5.41, 5.74) is 5.20. The number of benzene rings is 1. The minimum absolute atomic E-state index is 0.0255. The summed E-state index contributed by atoms with van der Waals surface area (Å²) >= 11 is 18.7. The van der Waals surface area contributed by atoms with Crippen molar-refractivity contribution < 1.29 is 13.6 Å². The van der Waals surface area contributed by atoms with E-state index < -0.39 is 38.5 Å². The minimum atomic E-state index is -1.15. The molecule has 1 fully saturated rings. The normalized spacial score (nSPS) is 18.3. The van der Waals surface area contributed by atoms with Gasteiger partial charge in [0.15, 0.2) is 11.6 Å². The molecule has 0 aliphatic carbocycles. The molecular formula is C32H30Cl3F2N7O2. The van der Waals surface area contributed by atoms with Crippen LogP contribution in [0, 0.1) is 28.9 Å². The Morgan fingerprint density at radius 1 is 1.24 bits per heavy atom. The van der Waals surface area contributed by atoms with E-state index in [-0.39, 0.29) is 64.6 Å². The molecule has 240 valence electrons. The van der Waals surface area contributed by atoms with Gasteiger partial charge in [-0.2, -0.15) is 5.26 Å². The van der Waals surface area contributed by atoms with Crippen LogP contribution in [0.1, 0.15) is 33.3 Å². The van der Waals surface area contributed by atoms with E-state index >= 15 is 8.78 Å². The molecule has 0 spiro atoms. The molecule has 14 heteroatoms. The number of allylic oxidation sites excluding steroid dienone is 2. The number of carbonyl (C=O) groups is 1. The molecule has 46 heavy (non-hydrogen) atoms. The molecule has 3 aromatic rings. The Bertz CT molecular complexity index is 1950. The number of hydrogen-bond donors (Lipinski definition) is 2.